The van der Waals surface area contributed by atoms with Crippen molar-refractivity contribution in [2.45, 2.75) is 77.9 Å². The van der Waals surface area contributed by atoms with E-state index in [1.807, 2.05) is 30.3 Å². The highest BCUT2D eigenvalue weighted by molar-refractivity contribution is 5.82. The Labute approximate surface area is 169 Å². The molecule has 3 aliphatic carbocycles. The molecule has 8 atom stereocenters. The van der Waals surface area contributed by atoms with Gasteiger partial charge in [0.1, 0.15) is 5.75 Å². The summed E-state index contributed by atoms with van der Waals surface area (Å²) in [5.41, 5.74) is 0.713. The highest BCUT2D eigenvalue weighted by atomic mass is 16.5. The molecule has 0 radical (unpaired) electrons. The molecule has 3 nitrogen and oxygen atoms in total. The summed E-state index contributed by atoms with van der Waals surface area (Å²) in [6, 6.07) is 10.1. The van der Waals surface area contributed by atoms with E-state index in [-0.39, 0.29) is 17.4 Å². The molecule has 28 heavy (non-hydrogen) atoms. The van der Waals surface area contributed by atoms with Gasteiger partial charge in [0.05, 0.1) is 0 Å². The first-order valence-electron chi connectivity index (χ1n) is 11.4. The molecule has 1 aromatic carbocycles. The van der Waals surface area contributed by atoms with Crippen LogP contribution in [0, 0.1) is 34.5 Å². The normalized spacial score (nSPS) is 47.5. The summed E-state index contributed by atoms with van der Waals surface area (Å²) in [5.74, 6) is 3.99. The molecule has 5 rings (SSSR count). The van der Waals surface area contributed by atoms with Crippen LogP contribution in [0.3, 0.4) is 0 Å². The standard InChI is InChI=1S/C25H35NO2/c1-16-14-21-25(3,19-11-13-24(2)12-7-10-18(24)22(16)19)15-20(23(27)26-21)28-17-8-5-4-6-9-17/h4-6,8-9,16,18-22H,7,10-15H2,1-3H3,(H,26,27)/t16?,18-,19+,20?,21?,22-,24-,25+/m0/s1. The third kappa shape index (κ3) is 2.72. The first-order valence-corrected chi connectivity index (χ1v) is 11.4. The van der Waals surface area contributed by atoms with E-state index in [1.54, 1.807) is 0 Å². The Balaban J connectivity index is 1.43. The first-order chi connectivity index (χ1) is 13.4. The van der Waals surface area contributed by atoms with Crippen molar-refractivity contribution in [1.29, 1.82) is 0 Å². The Bertz CT molecular complexity index is 748. The summed E-state index contributed by atoms with van der Waals surface area (Å²) >= 11 is 0. The third-order valence-corrected chi connectivity index (χ3v) is 9.28. The number of piperidine rings is 1. The van der Waals surface area contributed by atoms with Crippen LogP contribution in [-0.4, -0.2) is 18.1 Å². The molecule has 152 valence electrons. The molecule has 1 aromatic rings. The molecule has 0 aromatic heterocycles. The number of rotatable bonds is 2. The van der Waals surface area contributed by atoms with Gasteiger partial charge in [-0.05, 0) is 78.7 Å². The fourth-order valence-electron chi connectivity index (χ4n) is 7.84. The van der Waals surface area contributed by atoms with E-state index in [9.17, 15) is 4.79 Å². The minimum absolute atomic E-state index is 0.0819. The molecule has 3 saturated carbocycles. The SMILES string of the molecule is CC1CC2NC(=O)C(Oc3ccccc3)C[C@]2(C)[C@@H]2CC[C@]3(C)CCC[C@H]3[C@H]12. The van der Waals surface area contributed by atoms with Crippen LogP contribution in [-0.2, 0) is 4.79 Å². The Morgan fingerprint density at radius 1 is 1.07 bits per heavy atom. The number of fused-ring (bicyclic) bond motifs is 5. The van der Waals surface area contributed by atoms with Gasteiger partial charge in [-0.25, -0.2) is 0 Å². The minimum Gasteiger partial charge on any atom is -0.481 e. The molecule has 4 aliphatic rings. The summed E-state index contributed by atoms with van der Waals surface area (Å²) in [6.45, 7) is 7.48. The van der Waals surface area contributed by atoms with Gasteiger partial charge in [0, 0.05) is 12.5 Å². The highest BCUT2D eigenvalue weighted by Crippen LogP contribution is 2.65. The maximum Gasteiger partial charge on any atom is 0.261 e. The fourth-order valence-corrected chi connectivity index (χ4v) is 7.84. The molecule has 3 heteroatoms. The number of benzene rings is 1. The Kier molecular flexibility index (Phi) is 4.30. The smallest absolute Gasteiger partial charge is 0.261 e. The molecular weight excluding hydrogens is 346 g/mol. The van der Waals surface area contributed by atoms with Crippen molar-refractivity contribution >= 4 is 5.91 Å². The van der Waals surface area contributed by atoms with Crippen LogP contribution < -0.4 is 10.1 Å². The second-order valence-electron chi connectivity index (χ2n) is 10.8. The Hall–Kier alpha value is -1.51. The lowest BCUT2D eigenvalue weighted by Gasteiger charge is -2.62. The number of hydrogen-bond donors (Lipinski definition) is 1. The largest absolute Gasteiger partial charge is 0.481 e. The molecule has 0 spiro atoms. The van der Waals surface area contributed by atoms with Gasteiger partial charge in [0.25, 0.3) is 5.91 Å². The molecular formula is C25H35NO2. The average Bonchev–Trinajstić information content (AvgIpc) is 3.06. The van der Waals surface area contributed by atoms with Crippen molar-refractivity contribution in [2.75, 3.05) is 0 Å². The Morgan fingerprint density at radius 2 is 1.86 bits per heavy atom. The van der Waals surface area contributed by atoms with Gasteiger partial charge in [0.2, 0.25) is 0 Å². The lowest BCUT2D eigenvalue weighted by atomic mass is 9.45. The van der Waals surface area contributed by atoms with Crippen molar-refractivity contribution in [3.05, 3.63) is 30.3 Å². The number of para-hydroxylation sites is 1. The molecule has 1 N–H and O–H groups in total. The van der Waals surface area contributed by atoms with Crippen molar-refractivity contribution in [1.82, 2.24) is 5.32 Å². The zero-order valence-corrected chi connectivity index (χ0v) is 17.6. The van der Waals surface area contributed by atoms with Crippen molar-refractivity contribution in [3.63, 3.8) is 0 Å². The van der Waals surface area contributed by atoms with Gasteiger partial charge in [-0.3, -0.25) is 4.79 Å². The monoisotopic (exact) mass is 381 g/mol. The number of amides is 1. The van der Waals surface area contributed by atoms with E-state index in [0.717, 1.165) is 30.4 Å². The van der Waals surface area contributed by atoms with Crippen LogP contribution >= 0.6 is 0 Å². The van der Waals surface area contributed by atoms with Gasteiger partial charge in [-0.2, -0.15) is 0 Å². The van der Waals surface area contributed by atoms with Crippen molar-refractivity contribution in [3.8, 4) is 5.75 Å². The van der Waals surface area contributed by atoms with E-state index in [2.05, 4.69) is 26.1 Å². The van der Waals surface area contributed by atoms with Gasteiger partial charge in [0.15, 0.2) is 6.10 Å². The fraction of sp³-hybridized carbons (Fsp3) is 0.720. The third-order valence-electron chi connectivity index (χ3n) is 9.28. The van der Waals surface area contributed by atoms with E-state index < -0.39 is 0 Å². The molecule has 1 saturated heterocycles. The molecule has 4 fully saturated rings. The van der Waals surface area contributed by atoms with Gasteiger partial charge in [-0.15, -0.1) is 0 Å². The van der Waals surface area contributed by atoms with E-state index in [4.69, 9.17) is 4.74 Å². The summed E-state index contributed by atoms with van der Waals surface area (Å²) in [6.07, 6.45) is 8.56. The second-order valence-corrected chi connectivity index (χ2v) is 10.8. The number of ether oxygens (including phenoxy) is 1. The molecule has 1 aliphatic heterocycles. The number of nitrogens with one attached hydrogen (secondary N) is 1. The zero-order valence-electron chi connectivity index (χ0n) is 17.6. The summed E-state index contributed by atoms with van der Waals surface area (Å²) in [7, 11) is 0. The minimum atomic E-state index is -0.366. The Morgan fingerprint density at radius 3 is 2.64 bits per heavy atom. The van der Waals surface area contributed by atoms with Crippen LogP contribution in [0.15, 0.2) is 30.3 Å². The quantitative estimate of drug-likeness (QED) is 0.764. The van der Waals surface area contributed by atoms with E-state index in [1.165, 1.54) is 32.1 Å². The summed E-state index contributed by atoms with van der Waals surface area (Å²) < 4.78 is 6.18. The predicted octanol–water partition coefficient (Wildman–Crippen LogP) is 5.20. The summed E-state index contributed by atoms with van der Waals surface area (Å²) in [4.78, 5) is 12.9. The molecule has 3 unspecified atom stereocenters. The number of hydrogen-bond acceptors (Lipinski definition) is 2. The lowest BCUT2D eigenvalue weighted by Crippen LogP contribution is -2.66. The molecule has 0 bridgehead atoms. The predicted molar refractivity (Wildman–Crippen MR) is 111 cm³/mol. The van der Waals surface area contributed by atoms with E-state index >= 15 is 0 Å². The van der Waals surface area contributed by atoms with Gasteiger partial charge in [-0.1, -0.05) is 45.4 Å². The van der Waals surface area contributed by atoms with Crippen LogP contribution in [0.4, 0.5) is 0 Å². The van der Waals surface area contributed by atoms with Crippen LogP contribution in [0.1, 0.15) is 65.7 Å². The van der Waals surface area contributed by atoms with Crippen molar-refractivity contribution in [2.24, 2.45) is 34.5 Å². The van der Waals surface area contributed by atoms with Crippen LogP contribution in [0.2, 0.25) is 0 Å². The molecule has 1 heterocycles. The average molecular weight is 382 g/mol. The van der Waals surface area contributed by atoms with Crippen molar-refractivity contribution < 1.29 is 9.53 Å². The van der Waals surface area contributed by atoms with Crippen LogP contribution in [0.5, 0.6) is 5.75 Å². The maximum atomic E-state index is 12.9. The van der Waals surface area contributed by atoms with Gasteiger partial charge >= 0.3 is 0 Å². The molecule has 1 amide bonds. The van der Waals surface area contributed by atoms with Crippen LogP contribution in [0.25, 0.3) is 0 Å². The maximum absolute atomic E-state index is 12.9. The highest BCUT2D eigenvalue weighted by Gasteiger charge is 2.61. The van der Waals surface area contributed by atoms with Gasteiger partial charge < -0.3 is 10.1 Å². The number of carbonyl (C=O) groups excluding carboxylic acids is 1. The second kappa shape index (κ2) is 6.50. The topological polar surface area (TPSA) is 38.3 Å². The zero-order chi connectivity index (χ0) is 19.5. The van der Waals surface area contributed by atoms with E-state index in [0.29, 0.717) is 23.3 Å². The number of carbonyl (C=O) groups is 1. The summed E-state index contributed by atoms with van der Waals surface area (Å²) in [5, 5.41) is 3.40. The first kappa shape index (κ1) is 18.5. The lowest BCUT2D eigenvalue weighted by molar-refractivity contribution is -0.154.